The highest BCUT2D eigenvalue weighted by Crippen LogP contribution is 2.39. The van der Waals surface area contributed by atoms with E-state index in [1.54, 1.807) is 46.1 Å². The number of nitrogens with one attached hydrogen (secondary N) is 1. The number of hydrogen-bond acceptors (Lipinski definition) is 7. The van der Waals surface area contributed by atoms with Gasteiger partial charge >= 0.3 is 6.61 Å². The van der Waals surface area contributed by atoms with Gasteiger partial charge in [0.1, 0.15) is 18.0 Å². The molecule has 5 aromatic rings. The zero-order valence-corrected chi connectivity index (χ0v) is 17.4. The number of pyridine rings is 1. The third-order valence-electron chi connectivity index (χ3n) is 5.49. The summed E-state index contributed by atoms with van der Waals surface area (Å²) in [6.07, 6.45) is 6.88. The zero-order chi connectivity index (χ0) is 22.5. The molecule has 5 heterocycles. The van der Waals surface area contributed by atoms with Crippen LogP contribution in [0.4, 0.5) is 14.5 Å². The van der Waals surface area contributed by atoms with E-state index >= 15 is 0 Å². The van der Waals surface area contributed by atoms with E-state index in [0.717, 1.165) is 10.9 Å². The minimum absolute atomic E-state index is 0.0119. The van der Waals surface area contributed by atoms with Crippen LogP contribution in [-0.4, -0.2) is 49.1 Å². The first-order valence-corrected chi connectivity index (χ1v) is 10.2. The van der Waals surface area contributed by atoms with Gasteiger partial charge < -0.3 is 14.8 Å². The van der Waals surface area contributed by atoms with E-state index in [4.69, 9.17) is 9.47 Å². The predicted octanol–water partition coefficient (Wildman–Crippen LogP) is 3.84. The quantitative estimate of drug-likeness (QED) is 0.446. The summed E-state index contributed by atoms with van der Waals surface area (Å²) in [5, 5.41) is 12.8. The summed E-state index contributed by atoms with van der Waals surface area (Å²) < 4.78 is 40.3. The second-order valence-corrected chi connectivity index (χ2v) is 7.50. The lowest BCUT2D eigenvalue weighted by atomic mass is 10.1. The lowest BCUT2D eigenvalue weighted by Crippen LogP contribution is -2.19. The molecule has 0 saturated carbocycles. The van der Waals surface area contributed by atoms with E-state index in [2.05, 4.69) is 25.5 Å². The van der Waals surface area contributed by atoms with Gasteiger partial charge in [0, 0.05) is 42.7 Å². The molecule has 33 heavy (non-hydrogen) atoms. The van der Waals surface area contributed by atoms with Crippen molar-refractivity contribution in [1.82, 2.24) is 29.4 Å². The summed E-state index contributed by atoms with van der Waals surface area (Å²) in [5.74, 6) is 0.530. The monoisotopic (exact) mass is 449 g/mol. The third kappa shape index (κ3) is 3.20. The molecule has 0 atom stereocenters. The highest BCUT2D eigenvalue weighted by Gasteiger charge is 2.22. The molecule has 6 rings (SSSR count). The van der Waals surface area contributed by atoms with Gasteiger partial charge in [-0.25, -0.2) is 14.2 Å². The molecule has 1 N–H and O–H groups in total. The van der Waals surface area contributed by atoms with Gasteiger partial charge in [-0.1, -0.05) is 0 Å². The second-order valence-electron chi connectivity index (χ2n) is 7.50. The summed E-state index contributed by atoms with van der Waals surface area (Å²) in [5.41, 5.74) is 4.33. The Morgan fingerprint density at radius 1 is 1.18 bits per heavy atom. The van der Waals surface area contributed by atoms with E-state index in [1.165, 1.54) is 6.07 Å². The molecule has 4 aromatic heterocycles. The summed E-state index contributed by atoms with van der Waals surface area (Å²) in [7, 11) is 0. The zero-order valence-electron chi connectivity index (χ0n) is 17.4. The molecule has 1 aromatic carbocycles. The lowest BCUT2D eigenvalue weighted by Gasteiger charge is -2.22. The standard InChI is InChI=1S/C22H17F2N7O2/c1-12-13-10-27-15(14-11-28-30-5-2-3-26-21(14)30)7-17(13)31(29-12)18-9-19-16(25-4-6-32-19)8-20(18)33-22(23)24/h2-3,5,7-11,22,25H,4,6H2,1H3. The summed E-state index contributed by atoms with van der Waals surface area (Å²) in [6.45, 7) is -0.110. The first-order valence-electron chi connectivity index (χ1n) is 10.2. The Morgan fingerprint density at radius 2 is 2.09 bits per heavy atom. The number of anilines is 1. The van der Waals surface area contributed by atoms with Crippen LogP contribution in [0.2, 0.25) is 0 Å². The number of halogens is 2. The molecule has 0 bridgehead atoms. The molecule has 0 fully saturated rings. The fourth-order valence-corrected chi connectivity index (χ4v) is 4.00. The van der Waals surface area contributed by atoms with Crippen molar-refractivity contribution in [3.05, 3.63) is 54.7 Å². The average Bonchev–Trinajstić information content (AvgIpc) is 3.39. The van der Waals surface area contributed by atoms with Crippen molar-refractivity contribution < 1.29 is 18.3 Å². The fourth-order valence-electron chi connectivity index (χ4n) is 4.00. The predicted molar refractivity (Wildman–Crippen MR) is 116 cm³/mol. The minimum atomic E-state index is -2.99. The smallest absolute Gasteiger partial charge is 0.387 e. The Balaban J connectivity index is 1.56. The number of hydrogen-bond donors (Lipinski definition) is 1. The van der Waals surface area contributed by atoms with Crippen LogP contribution in [0.5, 0.6) is 11.5 Å². The Bertz CT molecular complexity index is 1510. The van der Waals surface area contributed by atoms with Gasteiger partial charge in [-0.05, 0) is 19.1 Å². The van der Waals surface area contributed by atoms with Gasteiger partial charge in [0.05, 0.1) is 34.4 Å². The van der Waals surface area contributed by atoms with Crippen molar-refractivity contribution in [3.63, 3.8) is 0 Å². The lowest BCUT2D eigenvalue weighted by molar-refractivity contribution is -0.0498. The van der Waals surface area contributed by atoms with Gasteiger partial charge in [-0.2, -0.15) is 19.0 Å². The Labute approximate surface area is 185 Å². The number of aryl methyl sites for hydroxylation is 1. The topological polar surface area (TPSA) is 91.4 Å². The van der Waals surface area contributed by atoms with Crippen molar-refractivity contribution in [2.75, 3.05) is 18.5 Å². The van der Waals surface area contributed by atoms with Crippen LogP contribution in [-0.2, 0) is 0 Å². The SMILES string of the molecule is Cc1nn(-c2cc3c(cc2OC(F)F)NCCO3)c2cc(-c3cnn4cccnc34)ncc12. The van der Waals surface area contributed by atoms with Crippen molar-refractivity contribution >= 4 is 22.2 Å². The van der Waals surface area contributed by atoms with Crippen molar-refractivity contribution in [1.29, 1.82) is 0 Å². The number of ether oxygens (including phenoxy) is 2. The van der Waals surface area contributed by atoms with Crippen LogP contribution >= 0.6 is 0 Å². The molecule has 0 saturated heterocycles. The van der Waals surface area contributed by atoms with Gasteiger partial charge in [-0.3, -0.25) is 4.98 Å². The van der Waals surface area contributed by atoms with E-state index in [1.807, 2.05) is 13.0 Å². The third-order valence-corrected chi connectivity index (χ3v) is 5.49. The van der Waals surface area contributed by atoms with Gasteiger partial charge in [0.2, 0.25) is 0 Å². The maximum Gasteiger partial charge on any atom is 0.387 e. The molecular weight excluding hydrogens is 432 g/mol. The van der Waals surface area contributed by atoms with E-state index in [0.29, 0.717) is 52.8 Å². The Morgan fingerprint density at radius 3 is 2.97 bits per heavy atom. The first-order chi connectivity index (χ1) is 16.1. The molecule has 1 aliphatic rings. The number of aromatic nitrogens is 6. The maximum absolute atomic E-state index is 13.2. The Hall–Kier alpha value is -4.28. The van der Waals surface area contributed by atoms with Crippen molar-refractivity contribution in [3.8, 4) is 28.4 Å². The second kappa shape index (κ2) is 7.40. The van der Waals surface area contributed by atoms with E-state index in [9.17, 15) is 8.78 Å². The molecule has 11 heteroatoms. The highest BCUT2D eigenvalue weighted by molar-refractivity contribution is 5.88. The summed E-state index contributed by atoms with van der Waals surface area (Å²) in [4.78, 5) is 8.97. The highest BCUT2D eigenvalue weighted by atomic mass is 19.3. The van der Waals surface area contributed by atoms with Gasteiger partial charge in [0.25, 0.3) is 0 Å². The van der Waals surface area contributed by atoms with Gasteiger partial charge in [0.15, 0.2) is 11.4 Å². The largest absolute Gasteiger partial charge is 0.490 e. The maximum atomic E-state index is 13.2. The van der Waals surface area contributed by atoms with Crippen LogP contribution < -0.4 is 14.8 Å². The number of fused-ring (bicyclic) bond motifs is 3. The molecule has 0 amide bonds. The molecular formula is C22H17F2N7O2. The molecule has 0 unspecified atom stereocenters. The first kappa shape index (κ1) is 19.4. The molecule has 0 radical (unpaired) electrons. The number of rotatable bonds is 4. The summed E-state index contributed by atoms with van der Waals surface area (Å²) in [6, 6.07) is 6.79. The number of alkyl halides is 2. The summed E-state index contributed by atoms with van der Waals surface area (Å²) >= 11 is 0. The molecule has 9 nitrogen and oxygen atoms in total. The molecule has 0 spiro atoms. The molecule has 0 aliphatic carbocycles. The fraction of sp³-hybridized carbons (Fsp3) is 0.182. The van der Waals surface area contributed by atoms with Crippen molar-refractivity contribution in [2.45, 2.75) is 13.5 Å². The normalized spacial score (nSPS) is 13.2. The van der Waals surface area contributed by atoms with Crippen LogP contribution in [0.3, 0.4) is 0 Å². The van der Waals surface area contributed by atoms with Crippen molar-refractivity contribution in [2.24, 2.45) is 0 Å². The molecule has 166 valence electrons. The number of nitrogens with zero attached hydrogens (tertiary/aromatic N) is 6. The Kier molecular flexibility index (Phi) is 4.35. The van der Waals surface area contributed by atoms with Gasteiger partial charge in [-0.15, -0.1) is 0 Å². The van der Waals surface area contributed by atoms with Crippen LogP contribution in [0, 0.1) is 6.92 Å². The average molecular weight is 449 g/mol. The minimum Gasteiger partial charge on any atom is -0.490 e. The van der Waals surface area contributed by atoms with Crippen LogP contribution in [0.25, 0.3) is 33.5 Å². The van der Waals surface area contributed by atoms with Crippen LogP contribution in [0.15, 0.2) is 49.1 Å². The van der Waals surface area contributed by atoms with Crippen LogP contribution in [0.1, 0.15) is 5.69 Å². The number of benzene rings is 1. The van der Waals surface area contributed by atoms with E-state index < -0.39 is 6.61 Å². The van der Waals surface area contributed by atoms with E-state index in [-0.39, 0.29) is 5.75 Å². The molecule has 1 aliphatic heterocycles.